The first-order valence-corrected chi connectivity index (χ1v) is 8.21. The highest BCUT2D eigenvalue weighted by Crippen LogP contribution is 2.41. The second-order valence-corrected chi connectivity index (χ2v) is 6.45. The lowest BCUT2D eigenvalue weighted by molar-refractivity contribution is 1.04. The standard InChI is InChI=1S/C16H12ClN5S/c17-11-2-4-14(21-9-11)20-8-10-1-3-13-12(7-10)22-15-16(23-13)19-6-5-18-15/h1-7,9H,8H2,(H,18,22)(H,20,21). The minimum atomic E-state index is 0.630. The summed E-state index contributed by atoms with van der Waals surface area (Å²) in [6, 6.07) is 9.98. The van der Waals surface area contributed by atoms with Gasteiger partial charge in [-0.1, -0.05) is 29.4 Å². The van der Waals surface area contributed by atoms with Crippen molar-refractivity contribution in [1.82, 2.24) is 15.0 Å². The van der Waals surface area contributed by atoms with Gasteiger partial charge in [-0.2, -0.15) is 0 Å². The molecule has 0 bridgehead atoms. The van der Waals surface area contributed by atoms with Crippen molar-refractivity contribution in [1.29, 1.82) is 0 Å². The van der Waals surface area contributed by atoms with E-state index >= 15 is 0 Å². The van der Waals surface area contributed by atoms with Crippen LogP contribution in [0.15, 0.2) is 58.8 Å². The molecule has 0 aliphatic carbocycles. The largest absolute Gasteiger partial charge is 0.366 e. The molecule has 0 radical (unpaired) electrons. The molecule has 0 spiro atoms. The van der Waals surface area contributed by atoms with Crippen LogP contribution < -0.4 is 10.6 Å². The summed E-state index contributed by atoms with van der Waals surface area (Å²) >= 11 is 7.46. The zero-order valence-electron chi connectivity index (χ0n) is 12.0. The van der Waals surface area contributed by atoms with Gasteiger partial charge in [-0.3, -0.25) is 0 Å². The van der Waals surface area contributed by atoms with E-state index in [-0.39, 0.29) is 0 Å². The minimum absolute atomic E-state index is 0.630. The van der Waals surface area contributed by atoms with Crippen molar-refractivity contribution in [3.63, 3.8) is 0 Å². The van der Waals surface area contributed by atoms with Gasteiger partial charge in [0, 0.05) is 30.0 Å². The summed E-state index contributed by atoms with van der Waals surface area (Å²) in [5.41, 5.74) is 2.20. The van der Waals surface area contributed by atoms with Crippen molar-refractivity contribution in [2.75, 3.05) is 10.6 Å². The Bertz CT molecular complexity index is 853. The summed E-state index contributed by atoms with van der Waals surface area (Å²) in [6.45, 7) is 0.682. The Morgan fingerprint density at radius 1 is 1.09 bits per heavy atom. The van der Waals surface area contributed by atoms with Crippen LogP contribution in [0.5, 0.6) is 0 Å². The topological polar surface area (TPSA) is 62.7 Å². The van der Waals surface area contributed by atoms with E-state index < -0.39 is 0 Å². The van der Waals surface area contributed by atoms with Gasteiger partial charge < -0.3 is 10.6 Å². The van der Waals surface area contributed by atoms with E-state index in [4.69, 9.17) is 11.6 Å². The molecule has 5 nitrogen and oxygen atoms in total. The molecule has 3 heterocycles. The van der Waals surface area contributed by atoms with E-state index in [0.29, 0.717) is 11.6 Å². The van der Waals surface area contributed by atoms with Crippen molar-refractivity contribution in [3.8, 4) is 0 Å². The van der Waals surface area contributed by atoms with E-state index in [1.807, 2.05) is 12.1 Å². The number of benzene rings is 1. The molecule has 2 aromatic heterocycles. The summed E-state index contributed by atoms with van der Waals surface area (Å²) in [6.07, 6.45) is 5.02. The van der Waals surface area contributed by atoms with Crippen LogP contribution in [0, 0.1) is 0 Å². The van der Waals surface area contributed by atoms with E-state index in [2.05, 4.69) is 43.8 Å². The van der Waals surface area contributed by atoms with Gasteiger partial charge in [-0.25, -0.2) is 15.0 Å². The molecule has 114 valence electrons. The Kier molecular flexibility index (Phi) is 3.77. The molecule has 23 heavy (non-hydrogen) atoms. The van der Waals surface area contributed by atoms with Gasteiger partial charge >= 0.3 is 0 Å². The molecule has 0 saturated carbocycles. The van der Waals surface area contributed by atoms with Crippen molar-refractivity contribution in [3.05, 3.63) is 59.5 Å². The molecule has 0 saturated heterocycles. The minimum Gasteiger partial charge on any atom is -0.366 e. The van der Waals surface area contributed by atoms with Crippen LogP contribution in [0.3, 0.4) is 0 Å². The summed E-state index contributed by atoms with van der Waals surface area (Å²) in [5, 5.41) is 8.14. The Balaban J connectivity index is 1.51. The van der Waals surface area contributed by atoms with Crippen LogP contribution in [-0.4, -0.2) is 15.0 Å². The molecule has 0 fully saturated rings. The van der Waals surface area contributed by atoms with Gasteiger partial charge in [-0.05, 0) is 29.8 Å². The Morgan fingerprint density at radius 2 is 2.00 bits per heavy atom. The van der Waals surface area contributed by atoms with Gasteiger partial charge in [0.05, 0.1) is 10.7 Å². The fourth-order valence-corrected chi connectivity index (χ4v) is 3.25. The van der Waals surface area contributed by atoms with Gasteiger partial charge in [0.15, 0.2) is 5.82 Å². The predicted molar refractivity (Wildman–Crippen MR) is 92.5 cm³/mol. The van der Waals surface area contributed by atoms with Crippen LogP contribution in [-0.2, 0) is 6.54 Å². The lowest BCUT2D eigenvalue weighted by Crippen LogP contribution is -2.06. The highest BCUT2D eigenvalue weighted by molar-refractivity contribution is 7.99. The van der Waals surface area contributed by atoms with Crippen molar-refractivity contribution in [2.45, 2.75) is 16.5 Å². The molecule has 0 unspecified atom stereocenters. The summed E-state index contributed by atoms with van der Waals surface area (Å²) < 4.78 is 0. The number of aromatic nitrogens is 3. The van der Waals surface area contributed by atoms with Crippen molar-refractivity contribution in [2.24, 2.45) is 0 Å². The first kappa shape index (κ1) is 14.3. The molecule has 3 aromatic rings. The zero-order valence-corrected chi connectivity index (χ0v) is 13.5. The number of hydrogen-bond acceptors (Lipinski definition) is 6. The number of nitrogens with zero attached hydrogens (tertiary/aromatic N) is 3. The molecular formula is C16H12ClN5S. The molecule has 2 N–H and O–H groups in total. The Morgan fingerprint density at radius 3 is 2.87 bits per heavy atom. The predicted octanol–water partition coefficient (Wildman–Crippen LogP) is 4.35. The van der Waals surface area contributed by atoms with Crippen LogP contribution in [0.25, 0.3) is 0 Å². The number of fused-ring (bicyclic) bond motifs is 2. The van der Waals surface area contributed by atoms with Gasteiger partial charge in [-0.15, -0.1) is 0 Å². The van der Waals surface area contributed by atoms with E-state index in [1.54, 1.807) is 30.4 Å². The number of pyridine rings is 1. The number of hydrogen-bond donors (Lipinski definition) is 2. The quantitative estimate of drug-likeness (QED) is 0.577. The van der Waals surface area contributed by atoms with E-state index in [1.165, 1.54) is 0 Å². The maximum Gasteiger partial charge on any atom is 0.163 e. The third kappa shape index (κ3) is 3.09. The number of nitrogens with one attached hydrogen (secondary N) is 2. The first-order valence-electron chi connectivity index (χ1n) is 7.02. The molecular weight excluding hydrogens is 330 g/mol. The molecule has 0 amide bonds. The second kappa shape index (κ2) is 6.06. The van der Waals surface area contributed by atoms with Gasteiger partial charge in [0.25, 0.3) is 0 Å². The number of anilines is 3. The van der Waals surface area contributed by atoms with Crippen LogP contribution >= 0.6 is 23.4 Å². The first-order chi connectivity index (χ1) is 11.3. The normalized spacial score (nSPS) is 12.0. The Labute approximate surface area is 142 Å². The third-order valence-corrected chi connectivity index (χ3v) is 4.66. The van der Waals surface area contributed by atoms with Crippen LogP contribution in [0.2, 0.25) is 5.02 Å². The smallest absolute Gasteiger partial charge is 0.163 e. The van der Waals surface area contributed by atoms with Crippen LogP contribution in [0.4, 0.5) is 17.3 Å². The van der Waals surface area contributed by atoms with E-state index in [9.17, 15) is 0 Å². The fraction of sp³-hybridized carbons (Fsp3) is 0.0625. The third-order valence-electron chi connectivity index (χ3n) is 3.37. The summed E-state index contributed by atoms with van der Waals surface area (Å²) in [4.78, 5) is 14.0. The summed E-state index contributed by atoms with van der Waals surface area (Å²) in [5.74, 6) is 1.60. The van der Waals surface area contributed by atoms with Gasteiger partial charge in [0.2, 0.25) is 0 Å². The second-order valence-electron chi connectivity index (χ2n) is 4.98. The number of rotatable bonds is 3. The summed E-state index contributed by atoms with van der Waals surface area (Å²) in [7, 11) is 0. The molecule has 0 atom stereocenters. The Hall–Kier alpha value is -2.31. The van der Waals surface area contributed by atoms with Gasteiger partial charge in [0.1, 0.15) is 10.8 Å². The average molecular weight is 342 g/mol. The SMILES string of the molecule is Clc1ccc(NCc2ccc3c(c2)Nc2nccnc2S3)nc1. The van der Waals surface area contributed by atoms with Crippen molar-refractivity contribution < 1.29 is 0 Å². The lowest BCUT2D eigenvalue weighted by Gasteiger charge is -2.19. The average Bonchev–Trinajstić information content (AvgIpc) is 2.59. The van der Waals surface area contributed by atoms with E-state index in [0.717, 1.165) is 32.8 Å². The maximum atomic E-state index is 5.84. The highest BCUT2D eigenvalue weighted by atomic mass is 35.5. The molecule has 1 aliphatic rings. The molecule has 1 aliphatic heterocycles. The number of halogens is 1. The highest BCUT2D eigenvalue weighted by Gasteiger charge is 2.17. The fourth-order valence-electron chi connectivity index (χ4n) is 2.26. The van der Waals surface area contributed by atoms with Crippen molar-refractivity contribution >= 4 is 40.7 Å². The van der Waals surface area contributed by atoms with Crippen LogP contribution in [0.1, 0.15) is 5.56 Å². The molecule has 7 heteroatoms. The zero-order chi connectivity index (χ0) is 15.6. The molecule has 4 rings (SSSR count). The monoisotopic (exact) mass is 341 g/mol. The maximum absolute atomic E-state index is 5.84. The molecule has 1 aromatic carbocycles. The lowest BCUT2D eigenvalue weighted by atomic mass is 10.2.